The van der Waals surface area contributed by atoms with Crippen LogP contribution in [0.4, 0.5) is 23.7 Å². The fraction of sp³-hybridized carbons (Fsp3) is 0.690. The standard InChI is InChI=1S/C29H40F3N3O7/c1-18(2)35(20-7-6-10-33(17-20)28(38)39)26(36)21-15-23-24(16-22(21)29(30,31)32)42-25(19-8-13-41-14-9-19)27(37)34(23)11-4-5-12-40-3/h15-16,18-20,25H,4-14,17H2,1-3H3,(H,38,39)/t20-,25?/m1/s1. The highest BCUT2D eigenvalue weighted by molar-refractivity contribution is 6.03. The Balaban J connectivity index is 1.76. The molecule has 234 valence electrons. The van der Waals surface area contributed by atoms with Crippen molar-refractivity contribution >= 4 is 23.6 Å². The molecule has 42 heavy (non-hydrogen) atoms. The predicted octanol–water partition coefficient (Wildman–Crippen LogP) is 4.65. The number of alkyl halides is 3. The molecule has 0 aromatic heterocycles. The smallest absolute Gasteiger partial charge is 0.417 e. The van der Waals surface area contributed by atoms with Crippen molar-refractivity contribution in [3.8, 4) is 5.75 Å². The van der Waals surface area contributed by atoms with Gasteiger partial charge in [-0.2, -0.15) is 13.2 Å². The van der Waals surface area contributed by atoms with Crippen LogP contribution in [0, 0.1) is 5.92 Å². The van der Waals surface area contributed by atoms with Crippen LogP contribution >= 0.6 is 0 Å². The van der Waals surface area contributed by atoms with E-state index in [9.17, 15) is 32.7 Å². The minimum atomic E-state index is -4.88. The molecular weight excluding hydrogens is 559 g/mol. The Labute approximate surface area is 243 Å². The number of ether oxygens (including phenoxy) is 3. The van der Waals surface area contributed by atoms with Gasteiger partial charge in [0, 0.05) is 58.5 Å². The van der Waals surface area contributed by atoms with Crippen molar-refractivity contribution in [3.63, 3.8) is 0 Å². The molecule has 3 amide bonds. The number of hydrogen-bond donors (Lipinski definition) is 1. The third-order valence-corrected chi connectivity index (χ3v) is 8.21. The first-order valence-corrected chi connectivity index (χ1v) is 14.5. The van der Waals surface area contributed by atoms with Crippen molar-refractivity contribution < 1.29 is 46.9 Å². The summed E-state index contributed by atoms with van der Waals surface area (Å²) in [4.78, 5) is 43.3. The zero-order valence-electron chi connectivity index (χ0n) is 24.3. The maximum atomic E-state index is 14.5. The summed E-state index contributed by atoms with van der Waals surface area (Å²) < 4.78 is 60.2. The third kappa shape index (κ3) is 6.94. The Bertz CT molecular complexity index is 1140. The van der Waals surface area contributed by atoms with Crippen LogP contribution in [-0.2, 0) is 20.4 Å². The van der Waals surface area contributed by atoms with Gasteiger partial charge in [0.05, 0.1) is 22.9 Å². The van der Waals surface area contributed by atoms with Crippen LogP contribution in [0.25, 0.3) is 0 Å². The van der Waals surface area contributed by atoms with E-state index in [0.29, 0.717) is 64.9 Å². The lowest BCUT2D eigenvalue weighted by atomic mass is 9.91. The number of anilines is 1. The molecule has 0 bridgehead atoms. The van der Waals surface area contributed by atoms with Gasteiger partial charge in [-0.05, 0) is 64.5 Å². The van der Waals surface area contributed by atoms with Crippen molar-refractivity contribution in [3.05, 3.63) is 23.3 Å². The van der Waals surface area contributed by atoms with Crippen LogP contribution in [0.1, 0.15) is 68.3 Å². The summed E-state index contributed by atoms with van der Waals surface area (Å²) in [5.41, 5.74) is -1.62. The molecule has 3 aliphatic heterocycles. The summed E-state index contributed by atoms with van der Waals surface area (Å²) in [6.45, 7) is 5.24. The van der Waals surface area contributed by atoms with Gasteiger partial charge in [0.15, 0.2) is 6.10 Å². The summed E-state index contributed by atoms with van der Waals surface area (Å²) in [5.74, 6) is -1.52. The largest absolute Gasteiger partial charge is 0.478 e. The van der Waals surface area contributed by atoms with Gasteiger partial charge in [-0.15, -0.1) is 0 Å². The number of nitrogens with zero attached hydrogens (tertiary/aromatic N) is 3. The van der Waals surface area contributed by atoms with Gasteiger partial charge in [-0.1, -0.05) is 0 Å². The van der Waals surface area contributed by atoms with E-state index in [1.807, 2.05) is 0 Å². The molecule has 0 aliphatic carbocycles. The van der Waals surface area contributed by atoms with Gasteiger partial charge in [-0.25, -0.2) is 4.79 Å². The van der Waals surface area contributed by atoms with Crippen molar-refractivity contribution in [1.82, 2.24) is 9.80 Å². The summed E-state index contributed by atoms with van der Waals surface area (Å²) >= 11 is 0. The number of halogens is 3. The second-order valence-electron chi connectivity index (χ2n) is 11.4. The molecule has 0 radical (unpaired) electrons. The Morgan fingerprint density at radius 2 is 1.88 bits per heavy atom. The Morgan fingerprint density at radius 3 is 2.50 bits per heavy atom. The van der Waals surface area contributed by atoms with E-state index in [0.717, 1.165) is 12.1 Å². The van der Waals surface area contributed by atoms with E-state index in [-0.39, 0.29) is 36.4 Å². The number of fused-ring (bicyclic) bond motifs is 1. The quantitative estimate of drug-likeness (QED) is 0.412. The van der Waals surface area contributed by atoms with Crippen LogP contribution in [-0.4, -0.2) is 97.6 Å². The minimum absolute atomic E-state index is 0.00551. The lowest BCUT2D eigenvalue weighted by molar-refractivity contribution is -0.138. The topological polar surface area (TPSA) is 109 Å². The number of rotatable bonds is 9. The molecule has 0 saturated carbocycles. The number of methoxy groups -OCH3 is 1. The fourth-order valence-electron chi connectivity index (χ4n) is 6.12. The highest BCUT2D eigenvalue weighted by Crippen LogP contribution is 2.44. The van der Waals surface area contributed by atoms with Crippen molar-refractivity contribution in [2.75, 3.05) is 51.5 Å². The van der Waals surface area contributed by atoms with Crippen LogP contribution in [0.15, 0.2) is 12.1 Å². The first kappa shape index (κ1) is 31.9. The monoisotopic (exact) mass is 599 g/mol. The third-order valence-electron chi connectivity index (χ3n) is 8.21. The van der Waals surface area contributed by atoms with Crippen molar-refractivity contribution in [2.24, 2.45) is 5.92 Å². The maximum absolute atomic E-state index is 14.5. The molecule has 2 saturated heterocycles. The number of likely N-dealkylation sites (tertiary alicyclic amines) is 1. The zero-order valence-corrected chi connectivity index (χ0v) is 24.3. The number of amides is 3. The summed E-state index contributed by atoms with van der Waals surface area (Å²) in [7, 11) is 1.56. The van der Waals surface area contributed by atoms with Crippen molar-refractivity contribution in [2.45, 2.75) is 76.7 Å². The zero-order chi connectivity index (χ0) is 30.6. The fourth-order valence-corrected chi connectivity index (χ4v) is 6.12. The number of unbranched alkanes of at least 4 members (excludes halogenated alkanes) is 1. The molecule has 10 nitrogen and oxygen atoms in total. The summed E-state index contributed by atoms with van der Waals surface area (Å²) in [6.07, 6.45) is -3.78. The summed E-state index contributed by atoms with van der Waals surface area (Å²) in [5, 5.41) is 9.50. The van der Waals surface area contributed by atoms with Crippen LogP contribution < -0.4 is 9.64 Å². The second-order valence-corrected chi connectivity index (χ2v) is 11.4. The summed E-state index contributed by atoms with van der Waals surface area (Å²) in [6, 6.07) is 0.865. The van der Waals surface area contributed by atoms with Gasteiger partial charge >= 0.3 is 12.3 Å². The predicted molar refractivity (Wildman–Crippen MR) is 147 cm³/mol. The lowest BCUT2D eigenvalue weighted by Crippen LogP contribution is -2.54. The minimum Gasteiger partial charge on any atom is -0.478 e. The maximum Gasteiger partial charge on any atom is 0.417 e. The molecule has 3 aliphatic rings. The molecule has 1 unspecified atom stereocenters. The van der Waals surface area contributed by atoms with E-state index >= 15 is 0 Å². The molecule has 0 spiro atoms. The molecule has 2 atom stereocenters. The molecule has 4 rings (SSSR count). The molecule has 3 heterocycles. The number of carbonyl (C=O) groups is 3. The second kappa shape index (κ2) is 13.5. The Kier molecular flexibility index (Phi) is 10.2. The molecular formula is C29H40F3N3O7. The Morgan fingerprint density at radius 1 is 1.17 bits per heavy atom. The first-order valence-electron chi connectivity index (χ1n) is 14.5. The van der Waals surface area contributed by atoms with Crippen LogP contribution in [0.2, 0.25) is 0 Å². The highest BCUT2D eigenvalue weighted by Gasteiger charge is 2.45. The van der Waals surface area contributed by atoms with E-state index in [1.165, 1.54) is 14.7 Å². The molecule has 1 aromatic rings. The van der Waals surface area contributed by atoms with Gasteiger partial charge in [0.2, 0.25) is 0 Å². The van der Waals surface area contributed by atoms with Crippen LogP contribution in [0.5, 0.6) is 5.75 Å². The number of benzene rings is 1. The lowest BCUT2D eigenvalue weighted by Gasteiger charge is -2.41. The van der Waals surface area contributed by atoms with Crippen molar-refractivity contribution in [1.29, 1.82) is 0 Å². The average molecular weight is 600 g/mol. The number of piperidine rings is 1. The molecule has 2 fully saturated rings. The Hall–Kier alpha value is -3.06. The SMILES string of the molecule is COCCCCN1C(=O)C(C2CCOCC2)Oc2cc(C(F)(F)F)c(C(=O)N(C(C)C)[C@@H]3CCCN(C(=O)O)C3)cc21. The molecule has 1 aromatic carbocycles. The van der Waals surface area contributed by atoms with Gasteiger partial charge in [-0.3, -0.25) is 9.59 Å². The van der Waals surface area contributed by atoms with E-state index in [1.54, 1.807) is 21.0 Å². The van der Waals surface area contributed by atoms with E-state index < -0.39 is 47.5 Å². The van der Waals surface area contributed by atoms with Gasteiger partial charge < -0.3 is 34.0 Å². The first-order chi connectivity index (χ1) is 19.9. The van der Waals surface area contributed by atoms with Gasteiger partial charge in [0.1, 0.15) is 5.75 Å². The highest BCUT2D eigenvalue weighted by atomic mass is 19.4. The number of carbonyl (C=O) groups excluding carboxylic acids is 2. The van der Waals surface area contributed by atoms with E-state index in [2.05, 4.69) is 0 Å². The number of carboxylic acid groups (broad SMARTS) is 1. The average Bonchev–Trinajstić information content (AvgIpc) is 2.95. The van der Waals surface area contributed by atoms with Gasteiger partial charge in [0.25, 0.3) is 11.8 Å². The molecule has 13 heteroatoms. The number of hydrogen-bond acceptors (Lipinski definition) is 6. The molecule has 1 N–H and O–H groups in total. The van der Waals surface area contributed by atoms with Crippen LogP contribution in [0.3, 0.4) is 0 Å². The van der Waals surface area contributed by atoms with E-state index in [4.69, 9.17) is 14.2 Å². The normalized spacial score (nSPS) is 21.7.